The third kappa shape index (κ3) is 5.16. The molecule has 0 aliphatic rings. The molecule has 0 saturated heterocycles. The van der Waals surface area contributed by atoms with Gasteiger partial charge in [-0.3, -0.25) is 9.59 Å². The average molecular weight is 266 g/mol. The van der Waals surface area contributed by atoms with E-state index in [-0.39, 0.29) is 24.3 Å². The highest BCUT2D eigenvalue weighted by Gasteiger charge is 2.20. The number of hydrogen-bond donors (Lipinski definition) is 1. The van der Waals surface area contributed by atoms with Crippen LogP contribution < -0.4 is 5.32 Å². The summed E-state index contributed by atoms with van der Waals surface area (Å²) in [6.07, 6.45) is 4.72. The lowest BCUT2D eigenvalue weighted by molar-refractivity contribution is -0.140. The predicted molar refractivity (Wildman–Crippen MR) is 72.6 cm³/mol. The molecule has 5 nitrogen and oxygen atoms in total. The van der Waals surface area contributed by atoms with Crippen molar-refractivity contribution in [2.45, 2.75) is 32.7 Å². The quantitative estimate of drug-likeness (QED) is 0.765. The molecule has 1 N–H and O–H groups in total. The van der Waals surface area contributed by atoms with Gasteiger partial charge in [0, 0.05) is 18.9 Å². The maximum absolute atomic E-state index is 12.2. The molecule has 1 atom stereocenters. The Morgan fingerprint density at radius 3 is 2.42 bits per heavy atom. The van der Waals surface area contributed by atoms with Gasteiger partial charge in [0.15, 0.2) is 0 Å². The van der Waals surface area contributed by atoms with E-state index in [4.69, 9.17) is 0 Å². The Bertz CT molecular complexity index is 399. The Kier molecular flexibility index (Phi) is 6.12. The van der Waals surface area contributed by atoms with E-state index >= 15 is 0 Å². The van der Waals surface area contributed by atoms with Gasteiger partial charge in [-0.2, -0.15) is 0 Å². The molecule has 1 aromatic rings. The third-order valence-corrected chi connectivity index (χ3v) is 2.84. The molecule has 0 fully saturated rings. The summed E-state index contributed by atoms with van der Waals surface area (Å²) in [6.45, 7) is 4.47. The van der Waals surface area contributed by atoms with Crippen LogP contribution in [0.2, 0.25) is 0 Å². The highest BCUT2D eigenvalue weighted by molar-refractivity contribution is 5.81. The maximum atomic E-state index is 12.2. The molecule has 1 rings (SSSR count). The average Bonchev–Trinajstić information content (AvgIpc) is 2.88. The fourth-order valence-corrected chi connectivity index (χ4v) is 1.87. The molecule has 1 heterocycles. The fourth-order valence-electron chi connectivity index (χ4n) is 1.87. The van der Waals surface area contributed by atoms with Crippen molar-refractivity contribution in [1.29, 1.82) is 0 Å². The molecule has 0 unspecified atom stereocenters. The first-order valence-electron chi connectivity index (χ1n) is 6.51. The summed E-state index contributed by atoms with van der Waals surface area (Å²) >= 11 is 0. The summed E-state index contributed by atoms with van der Waals surface area (Å²) in [6, 6.07) is 3.57. The number of rotatable bonds is 7. The van der Waals surface area contributed by atoms with Crippen LogP contribution in [-0.2, 0) is 14.3 Å². The van der Waals surface area contributed by atoms with Crippen LogP contribution in [0.5, 0.6) is 0 Å². The van der Waals surface area contributed by atoms with Crippen LogP contribution in [0.4, 0.5) is 0 Å². The van der Waals surface area contributed by atoms with Crippen LogP contribution >= 0.6 is 0 Å². The second-order valence-corrected chi connectivity index (χ2v) is 4.89. The minimum Gasteiger partial charge on any atom is -0.469 e. The van der Waals surface area contributed by atoms with Gasteiger partial charge in [0.2, 0.25) is 5.91 Å². The molecule has 0 saturated carbocycles. The zero-order chi connectivity index (χ0) is 14.3. The lowest BCUT2D eigenvalue weighted by atomic mass is 10.0. The van der Waals surface area contributed by atoms with Crippen molar-refractivity contribution < 1.29 is 14.3 Å². The lowest BCUT2D eigenvalue weighted by Gasteiger charge is -2.20. The molecule has 0 aromatic carbocycles. The molecule has 1 amide bonds. The van der Waals surface area contributed by atoms with Crippen LogP contribution in [0.1, 0.15) is 32.7 Å². The molecule has 0 spiro atoms. The standard InChI is InChI=1S/C14H22N2O3/c1-11(2)10-12(16-8-4-5-9-16)14(18)15-7-6-13(17)19-3/h4-5,8-9,11-12H,6-7,10H2,1-3H3,(H,15,18)/t12-/m1/s1. The highest BCUT2D eigenvalue weighted by Crippen LogP contribution is 2.17. The van der Waals surface area contributed by atoms with Crippen molar-refractivity contribution in [3.8, 4) is 0 Å². The Balaban J connectivity index is 2.55. The normalized spacial score (nSPS) is 12.2. The summed E-state index contributed by atoms with van der Waals surface area (Å²) in [5.41, 5.74) is 0. The predicted octanol–water partition coefficient (Wildman–Crippen LogP) is 1.75. The van der Waals surface area contributed by atoms with E-state index < -0.39 is 0 Å². The van der Waals surface area contributed by atoms with Crippen molar-refractivity contribution in [3.63, 3.8) is 0 Å². The molecular weight excluding hydrogens is 244 g/mol. The van der Waals surface area contributed by atoms with Crippen LogP contribution in [0.3, 0.4) is 0 Å². The number of aromatic nitrogens is 1. The number of ether oxygens (including phenoxy) is 1. The topological polar surface area (TPSA) is 60.3 Å². The highest BCUT2D eigenvalue weighted by atomic mass is 16.5. The Labute approximate surface area is 113 Å². The molecule has 1 aromatic heterocycles. The molecule has 0 aliphatic heterocycles. The Hall–Kier alpha value is -1.78. The summed E-state index contributed by atoms with van der Waals surface area (Å²) < 4.78 is 6.43. The van der Waals surface area contributed by atoms with Gasteiger partial charge >= 0.3 is 5.97 Å². The second-order valence-electron chi connectivity index (χ2n) is 4.89. The largest absolute Gasteiger partial charge is 0.469 e. The molecule has 0 bridgehead atoms. The summed E-state index contributed by atoms with van der Waals surface area (Å²) in [4.78, 5) is 23.2. The number of nitrogens with zero attached hydrogens (tertiary/aromatic N) is 1. The van der Waals surface area contributed by atoms with Gasteiger partial charge in [0.05, 0.1) is 13.5 Å². The minimum absolute atomic E-state index is 0.0613. The number of amides is 1. The monoisotopic (exact) mass is 266 g/mol. The van der Waals surface area contributed by atoms with Crippen molar-refractivity contribution in [1.82, 2.24) is 9.88 Å². The van der Waals surface area contributed by atoms with Crippen LogP contribution in [0.25, 0.3) is 0 Å². The Morgan fingerprint density at radius 1 is 1.26 bits per heavy atom. The number of hydrogen-bond acceptors (Lipinski definition) is 3. The number of methoxy groups -OCH3 is 1. The minimum atomic E-state index is -0.318. The fraction of sp³-hybridized carbons (Fsp3) is 0.571. The van der Waals surface area contributed by atoms with Gasteiger partial charge < -0.3 is 14.6 Å². The van der Waals surface area contributed by atoms with Crippen molar-refractivity contribution in [2.75, 3.05) is 13.7 Å². The lowest BCUT2D eigenvalue weighted by Crippen LogP contribution is -2.34. The van der Waals surface area contributed by atoms with E-state index in [1.165, 1.54) is 7.11 Å². The van der Waals surface area contributed by atoms with E-state index in [2.05, 4.69) is 23.9 Å². The van der Waals surface area contributed by atoms with E-state index in [1.54, 1.807) is 0 Å². The number of esters is 1. The molecule has 0 radical (unpaired) electrons. The first-order chi connectivity index (χ1) is 9.04. The van der Waals surface area contributed by atoms with Crippen molar-refractivity contribution in [2.24, 2.45) is 5.92 Å². The molecule has 5 heteroatoms. The Morgan fingerprint density at radius 2 is 1.89 bits per heavy atom. The van der Waals surface area contributed by atoms with Gasteiger partial charge in [-0.15, -0.1) is 0 Å². The van der Waals surface area contributed by atoms with Crippen LogP contribution in [0.15, 0.2) is 24.5 Å². The summed E-state index contributed by atoms with van der Waals surface area (Å²) in [5, 5.41) is 2.78. The van der Waals surface area contributed by atoms with E-state index in [1.807, 2.05) is 29.1 Å². The maximum Gasteiger partial charge on any atom is 0.307 e. The van der Waals surface area contributed by atoms with Gasteiger partial charge in [-0.25, -0.2) is 0 Å². The first kappa shape index (κ1) is 15.3. The first-order valence-corrected chi connectivity index (χ1v) is 6.51. The van der Waals surface area contributed by atoms with Gasteiger partial charge in [-0.05, 0) is 24.5 Å². The summed E-state index contributed by atoms with van der Waals surface area (Å²) in [5.74, 6) is 0.0363. The van der Waals surface area contributed by atoms with Gasteiger partial charge in [0.25, 0.3) is 0 Å². The number of nitrogens with one attached hydrogen (secondary N) is 1. The van der Waals surface area contributed by atoms with E-state index in [9.17, 15) is 9.59 Å². The van der Waals surface area contributed by atoms with Crippen molar-refractivity contribution >= 4 is 11.9 Å². The van der Waals surface area contributed by atoms with Crippen molar-refractivity contribution in [3.05, 3.63) is 24.5 Å². The van der Waals surface area contributed by atoms with Crippen LogP contribution in [0, 0.1) is 5.92 Å². The van der Waals surface area contributed by atoms with E-state index in [0.29, 0.717) is 12.5 Å². The number of carbonyl (C=O) groups is 2. The summed E-state index contributed by atoms with van der Waals surface area (Å²) in [7, 11) is 1.34. The zero-order valence-electron chi connectivity index (χ0n) is 11.8. The molecular formula is C14H22N2O3. The molecule has 106 valence electrons. The third-order valence-electron chi connectivity index (χ3n) is 2.84. The molecule has 19 heavy (non-hydrogen) atoms. The van der Waals surface area contributed by atoms with E-state index in [0.717, 1.165) is 6.42 Å². The smallest absolute Gasteiger partial charge is 0.307 e. The zero-order valence-corrected chi connectivity index (χ0v) is 11.8. The SMILES string of the molecule is COC(=O)CCNC(=O)[C@@H](CC(C)C)n1cccc1. The number of carbonyl (C=O) groups excluding carboxylic acids is 2. The van der Waals surface area contributed by atoms with Crippen LogP contribution in [-0.4, -0.2) is 30.1 Å². The van der Waals surface area contributed by atoms with Gasteiger partial charge in [0.1, 0.15) is 6.04 Å². The van der Waals surface area contributed by atoms with Gasteiger partial charge in [-0.1, -0.05) is 13.8 Å². The molecule has 0 aliphatic carbocycles. The second kappa shape index (κ2) is 7.61.